The van der Waals surface area contributed by atoms with Crippen LogP contribution in [0.4, 0.5) is 0 Å². The number of rotatable bonds is 0. The molecule has 2 aromatic carbocycles. The summed E-state index contributed by atoms with van der Waals surface area (Å²) in [6, 6.07) is 17.8. The standard InChI is InChI=1S/C14H12IP/c15-16-13-7-3-1-5-11(13)9-10-12-6-2-4-8-14(12)16/h1-8H,9-10H2. The second kappa shape index (κ2) is 4.46. The van der Waals surface area contributed by atoms with Crippen molar-refractivity contribution in [3.8, 4) is 0 Å². The van der Waals surface area contributed by atoms with E-state index in [4.69, 9.17) is 0 Å². The van der Waals surface area contributed by atoms with Gasteiger partial charge in [0.15, 0.2) is 0 Å². The second-order valence-corrected chi connectivity index (χ2v) is 8.46. The molecule has 2 heteroatoms. The van der Waals surface area contributed by atoms with Crippen LogP contribution < -0.4 is 10.6 Å². The van der Waals surface area contributed by atoms with Gasteiger partial charge in [-0.3, -0.25) is 0 Å². The van der Waals surface area contributed by atoms with Crippen molar-refractivity contribution in [1.82, 2.24) is 0 Å². The van der Waals surface area contributed by atoms with Crippen LogP contribution in [-0.4, -0.2) is 0 Å². The fourth-order valence-corrected chi connectivity index (χ4v) is 6.62. The number of aryl methyl sites for hydroxylation is 2. The molecule has 0 aliphatic carbocycles. The van der Waals surface area contributed by atoms with Crippen molar-refractivity contribution in [1.29, 1.82) is 0 Å². The first kappa shape index (κ1) is 10.7. The Morgan fingerprint density at radius 1 is 0.750 bits per heavy atom. The molecule has 16 heavy (non-hydrogen) atoms. The smallest absolute Gasteiger partial charge is 0.0220 e. The summed E-state index contributed by atoms with van der Waals surface area (Å²) in [5, 5.41) is 3.12. The molecule has 0 atom stereocenters. The third kappa shape index (κ3) is 1.80. The van der Waals surface area contributed by atoms with Gasteiger partial charge in [-0.25, -0.2) is 0 Å². The number of hydrogen-bond acceptors (Lipinski definition) is 0. The lowest BCUT2D eigenvalue weighted by Gasteiger charge is -2.13. The maximum absolute atomic E-state index is 2.63. The summed E-state index contributed by atoms with van der Waals surface area (Å²) in [6.07, 6.45) is 2.38. The Kier molecular flexibility index (Phi) is 2.99. The molecule has 0 bridgehead atoms. The van der Waals surface area contributed by atoms with Gasteiger partial charge >= 0.3 is 0 Å². The highest BCUT2D eigenvalue weighted by Gasteiger charge is 2.20. The molecule has 0 nitrogen and oxygen atoms in total. The van der Waals surface area contributed by atoms with Gasteiger partial charge in [0.2, 0.25) is 0 Å². The number of hydrogen-bond donors (Lipinski definition) is 0. The summed E-state index contributed by atoms with van der Waals surface area (Å²) in [5.74, 6) is 0. The monoisotopic (exact) mass is 338 g/mol. The highest BCUT2D eigenvalue weighted by molar-refractivity contribution is 14.2. The van der Waals surface area contributed by atoms with Crippen molar-refractivity contribution in [2.24, 2.45) is 0 Å². The third-order valence-corrected chi connectivity index (χ3v) is 7.91. The lowest BCUT2D eigenvalue weighted by atomic mass is 10.0. The van der Waals surface area contributed by atoms with E-state index in [0.717, 1.165) is 0 Å². The van der Waals surface area contributed by atoms with E-state index >= 15 is 0 Å². The summed E-state index contributed by atoms with van der Waals surface area (Å²) in [6.45, 7) is 0. The average Bonchev–Trinajstić information content (AvgIpc) is 2.49. The van der Waals surface area contributed by atoms with E-state index in [1.54, 1.807) is 21.7 Å². The zero-order chi connectivity index (χ0) is 11.0. The number of fused-ring (bicyclic) bond motifs is 2. The van der Waals surface area contributed by atoms with Crippen LogP contribution >= 0.6 is 27.6 Å². The lowest BCUT2D eigenvalue weighted by molar-refractivity contribution is 0.977. The first-order valence-electron chi connectivity index (χ1n) is 5.48. The highest BCUT2D eigenvalue weighted by Crippen LogP contribution is 2.45. The van der Waals surface area contributed by atoms with Crippen LogP contribution in [0.25, 0.3) is 0 Å². The molecule has 0 fully saturated rings. The molecule has 0 saturated carbocycles. The molecule has 0 amide bonds. The maximum Gasteiger partial charge on any atom is 0.0220 e. The molecule has 1 heterocycles. The highest BCUT2D eigenvalue weighted by atomic mass is 127. The van der Waals surface area contributed by atoms with E-state index in [0.29, 0.717) is 0 Å². The molecular weight excluding hydrogens is 326 g/mol. The first-order valence-corrected chi connectivity index (χ1v) is 9.61. The van der Waals surface area contributed by atoms with Gasteiger partial charge < -0.3 is 0 Å². The van der Waals surface area contributed by atoms with Crippen LogP contribution in [0.5, 0.6) is 0 Å². The SMILES string of the molecule is IP1c2ccccc2CCc2ccccc21. The van der Waals surface area contributed by atoms with Crippen molar-refractivity contribution in [3.05, 3.63) is 59.7 Å². The molecule has 1 aliphatic heterocycles. The Morgan fingerprint density at radius 2 is 1.19 bits per heavy atom. The molecule has 0 aromatic heterocycles. The summed E-state index contributed by atoms with van der Waals surface area (Å²) in [4.78, 5) is 0. The van der Waals surface area contributed by atoms with Crippen LogP contribution in [0.1, 0.15) is 11.1 Å². The zero-order valence-corrected chi connectivity index (χ0v) is 11.9. The molecule has 80 valence electrons. The van der Waals surface area contributed by atoms with Crippen LogP contribution in [-0.2, 0) is 12.8 Å². The normalized spacial score (nSPS) is 15.1. The Bertz CT molecular complexity index is 474. The van der Waals surface area contributed by atoms with Gasteiger partial charge in [-0.2, -0.15) is 0 Å². The van der Waals surface area contributed by atoms with E-state index in [9.17, 15) is 0 Å². The van der Waals surface area contributed by atoms with Crippen LogP contribution in [0.15, 0.2) is 48.5 Å². The van der Waals surface area contributed by atoms with Gasteiger partial charge in [-0.1, -0.05) is 48.5 Å². The predicted octanol–water partition coefficient (Wildman–Crippen LogP) is 3.57. The quantitative estimate of drug-likeness (QED) is 0.509. The van der Waals surface area contributed by atoms with Gasteiger partial charge in [0.05, 0.1) is 0 Å². The van der Waals surface area contributed by atoms with Crippen LogP contribution in [0.3, 0.4) is 0 Å². The van der Waals surface area contributed by atoms with Crippen LogP contribution in [0.2, 0.25) is 0 Å². The number of halogens is 1. The van der Waals surface area contributed by atoms with Gasteiger partial charge in [0.25, 0.3) is 0 Å². The second-order valence-electron chi connectivity index (χ2n) is 4.04. The van der Waals surface area contributed by atoms with E-state index in [1.807, 2.05) is 0 Å². The summed E-state index contributed by atoms with van der Waals surface area (Å²) in [7, 11) is 0. The molecule has 0 N–H and O–H groups in total. The number of benzene rings is 2. The topological polar surface area (TPSA) is 0 Å². The van der Waals surface area contributed by atoms with Gasteiger partial charge in [-0.15, -0.1) is 0 Å². The minimum absolute atomic E-state index is 0.180. The first-order chi connectivity index (χ1) is 7.86. The van der Waals surface area contributed by atoms with Gasteiger partial charge in [0, 0.05) is 5.56 Å². The minimum atomic E-state index is -0.180. The van der Waals surface area contributed by atoms with Gasteiger partial charge in [-0.05, 0) is 56.6 Å². The predicted molar refractivity (Wildman–Crippen MR) is 80.5 cm³/mol. The van der Waals surface area contributed by atoms with E-state index in [2.05, 4.69) is 70.6 Å². The average molecular weight is 338 g/mol. The molecule has 0 radical (unpaired) electrons. The Balaban J connectivity index is 2.18. The van der Waals surface area contributed by atoms with Crippen molar-refractivity contribution in [3.63, 3.8) is 0 Å². The van der Waals surface area contributed by atoms with Crippen LogP contribution in [0, 0.1) is 0 Å². The molecule has 0 unspecified atom stereocenters. The van der Waals surface area contributed by atoms with E-state index < -0.39 is 0 Å². The molecule has 1 aliphatic rings. The Labute approximate surface area is 110 Å². The van der Waals surface area contributed by atoms with Crippen molar-refractivity contribution < 1.29 is 0 Å². The largest absolute Gasteiger partial charge is 0.0619 e. The molecule has 3 rings (SSSR count). The Hall–Kier alpha value is -0.400. The van der Waals surface area contributed by atoms with Crippen molar-refractivity contribution in [2.45, 2.75) is 12.8 Å². The zero-order valence-electron chi connectivity index (χ0n) is 8.86. The molecular formula is C14H12IP. The third-order valence-electron chi connectivity index (χ3n) is 3.07. The van der Waals surface area contributed by atoms with Crippen molar-refractivity contribution in [2.75, 3.05) is 0 Å². The fraction of sp³-hybridized carbons (Fsp3) is 0.143. The molecule has 0 spiro atoms. The van der Waals surface area contributed by atoms with Crippen molar-refractivity contribution >= 4 is 38.2 Å². The van der Waals surface area contributed by atoms with E-state index in [1.165, 1.54) is 12.8 Å². The minimum Gasteiger partial charge on any atom is -0.0619 e. The maximum atomic E-state index is 2.63. The molecule has 2 aromatic rings. The summed E-state index contributed by atoms with van der Waals surface area (Å²) in [5.41, 5.74) is 2.90. The summed E-state index contributed by atoms with van der Waals surface area (Å²) >= 11 is 2.63. The summed E-state index contributed by atoms with van der Waals surface area (Å²) < 4.78 is 0. The van der Waals surface area contributed by atoms with E-state index in [-0.39, 0.29) is 5.56 Å². The molecule has 0 saturated heterocycles. The lowest BCUT2D eigenvalue weighted by Crippen LogP contribution is -2.10. The van der Waals surface area contributed by atoms with Gasteiger partial charge in [0.1, 0.15) is 0 Å². The fourth-order valence-electron chi connectivity index (χ4n) is 2.23. The Morgan fingerprint density at radius 3 is 1.69 bits per heavy atom.